The van der Waals surface area contributed by atoms with Crippen LogP contribution in [0.2, 0.25) is 0 Å². The van der Waals surface area contributed by atoms with Crippen LogP contribution in [-0.4, -0.2) is 11.7 Å². The van der Waals surface area contributed by atoms with E-state index in [0.717, 1.165) is 18.4 Å². The van der Waals surface area contributed by atoms with Gasteiger partial charge in [-0.3, -0.25) is 0 Å². The summed E-state index contributed by atoms with van der Waals surface area (Å²) in [5.74, 6) is 6.30. The smallest absolute Gasteiger partial charge is 0.0440 e. The molecular formula is C15H20O. The van der Waals surface area contributed by atoms with Gasteiger partial charge in [-0.15, -0.1) is 0 Å². The van der Waals surface area contributed by atoms with Gasteiger partial charge in [-0.1, -0.05) is 50.8 Å². The van der Waals surface area contributed by atoms with Crippen LogP contribution in [0.25, 0.3) is 0 Å². The summed E-state index contributed by atoms with van der Waals surface area (Å²) in [4.78, 5) is 0. The van der Waals surface area contributed by atoms with Gasteiger partial charge in [0, 0.05) is 18.6 Å². The average Bonchev–Trinajstić information content (AvgIpc) is 2.24. The Kier molecular flexibility index (Phi) is 4.58. The van der Waals surface area contributed by atoms with E-state index in [1.165, 1.54) is 5.56 Å². The fourth-order valence-corrected chi connectivity index (χ4v) is 1.57. The fraction of sp³-hybridized carbons (Fsp3) is 0.467. The van der Waals surface area contributed by atoms with E-state index in [2.05, 4.69) is 50.8 Å². The van der Waals surface area contributed by atoms with Crippen molar-refractivity contribution in [2.45, 2.75) is 39.0 Å². The van der Waals surface area contributed by atoms with Crippen molar-refractivity contribution < 1.29 is 5.11 Å². The van der Waals surface area contributed by atoms with Crippen LogP contribution >= 0.6 is 0 Å². The normalized spacial score (nSPS) is 10.8. The summed E-state index contributed by atoms with van der Waals surface area (Å²) >= 11 is 0. The zero-order chi connectivity index (χ0) is 12.0. The van der Waals surface area contributed by atoms with E-state index in [-0.39, 0.29) is 12.0 Å². The molecule has 0 radical (unpaired) electrons. The Morgan fingerprint density at radius 3 is 2.50 bits per heavy atom. The Morgan fingerprint density at radius 1 is 1.19 bits per heavy atom. The topological polar surface area (TPSA) is 20.2 Å². The summed E-state index contributed by atoms with van der Waals surface area (Å²) in [5, 5.41) is 8.68. The summed E-state index contributed by atoms with van der Waals surface area (Å²) < 4.78 is 0. The van der Waals surface area contributed by atoms with Crippen LogP contribution in [0.3, 0.4) is 0 Å². The molecule has 86 valence electrons. The van der Waals surface area contributed by atoms with Crippen LogP contribution < -0.4 is 0 Å². The van der Waals surface area contributed by atoms with Crippen molar-refractivity contribution in [2.75, 3.05) is 6.61 Å². The number of hydrogen-bond donors (Lipinski definition) is 1. The van der Waals surface area contributed by atoms with Gasteiger partial charge >= 0.3 is 0 Å². The third-order valence-corrected chi connectivity index (χ3v) is 2.42. The van der Waals surface area contributed by atoms with Crippen molar-refractivity contribution in [1.29, 1.82) is 0 Å². The lowest BCUT2D eigenvalue weighted by molar-refractivity contribution is 0.290. The molecule has 1 N–H and O–H groups in total. The largest absolute Gasteiger partial charge is 0.396 e. The Balaban J connectivity index is 2.90. The highest BCUT2D eigenvalue weighted by atomic mass is 16.2. The first-order chi connectivity index (χ1) is 7.55. The van der Waals surface area contributed by atoms with Crippen molar-refractivity contribution in [3.05, 3.63) is 35.4 Å². The first-order valence-corrected chi connectivity index (χ1v) is 5.75. The molecule has 0 fully saturated rings. The van der Waals surface area contributed by atoms with E-state index in [4.69, 9.17) is 5.11 Å². The number of aliphatic hydroxyl groups excluding tert-OH is 1. The first-order valence-electron chi connectivity index (χ1n) is 5.75. The predicted octanol–water partition coefficient (Wildman–Crippen LogP) is 3.11. The molecule has 0 aliphatic carbocycles. The highest BCUT2D eigenvalue weighted by Crippen LogP contribution is 2.24. The molecule has 16 heavy (non-hydrogen) atoms. The van der Waals surface area contributed by atoms with Crippen molar-refractivity contribution >= 4 is 0 Å². The lowest BCUT2D eigenvalue weighted by Crippen LogP contribution is -2.12. The highest BCUT2D eigenvalue weighted by molar-refractivity contribution is 5.44. The standard InChI is InChI=1S/C15H20O/c1-15(2,3)14-11-7-6-10-13(14)9-5-4-8-12-16/h6-7,10-11,16H,4,8,12H2,1-3H3. The predicted molar refractivity (Wildman–Crippen MR) is 68.3 cm³/mol. The van der Waals surface area contributed by atoms with E-state index in [9.17, 15) is 0 Å². The Labute approximate surface area is 98.5 Å². The third kappa shape index (κ3) is 3.72. The summed E-state index contributed by atoms with van der Waals surface area (Å²) in [7, 11) is 0. The maximum atomic E-state index is 8.68. The van der Waals surface area contributed by atoms with Gasteiger partial charge in [-0.05, 0) is 23.5 Å². The number of unbranched alkanes of at least 4 members (excludes halogenated alkanes) is 1. The monoisotopic (exact) mass is 216 g/mol. The molecule has 0 saturated carbocycles. The molecule has 0 spiro atoms. The molecule has 0 heterocycles. The Morgan fingerprint density at radius 2 is 1.88 bits per heavy atom. The van der Waals surface area contributed by atoms with Gasteiger partial charge in [0.15, 0.2) is 0 Å². The van der Waals surface area contributed by atoms with Gasteiger partial charge in [-0.2, -0.15) is 0 Å². The molecule has 1 nitrogen and oxygen atoms in total. The molecule has 1 aromatic carbocycles. The van der Waals surface area contributed by atoms with Crippen molar-refractivity contribution in [2.24, 2.45) is 0 Å². The quantitative estimate of drug-likeness (QED) is 0.595. The Hall–Kier alpha value is -1.26. The van der Waals surface area contributed by atoms with Crippen LogP contribution in [0.1, 0.15) is 44.7 Å². The lowest BCUT2D eigenvalue weighted by atomic mass is 9.84. The van der Waals surface area contributed by atoms with E-state index in [1.807, 2.05) is 6.07 Å². The van der Waals surface area contributed by atoms with Crippen LogP contribution in [0.4, 0.5) is 0 Å². The van der Waals surface area contributed by atoms with E-state index in [0.29, 0.717) is 0 Å². The number of aliphatic hydroxyl groups is 1. The minimum atomic E-state index is 0.127. The second-order valence-corrected chi connectivity index (χ2v) is 4.92. The summed E-state index contributed by atoms with van der Waals surface area (Å²) in [6.45, 7) is 6.80. The maximum Gasteiger partial charge on any atom is 0.0440 e. The average molecular weight is 216 g/mol. The van der Waals surface area contributed by atoms with Crippen molar-refractivity contribution in [1.82, 2.24) is 0 Å². The number of rotatable bonds is 2. The maximum absolute atomic E-state index is 8.68. The first kappa shape index (κ1) is 12.8. The van der Waals surface area contributed by atoms with Crippen molar-refractivity contribution in [3.63, 3.8) is 0 Å². The molecule has 1 rings (SSSR count). The minimum absolute atomic E-state index is 0.127. The van der Waals surface area contributed by atoms with Crippen LogP contribution in [-0.2, 0) is 5.41 Å². The molecular weight excluding hydrogens is 196 g/mol. The highest BCUT2D eigenvalue weighted by Gasteiger charge is 2.15. The second kappa shape index (κ2) is 5.72. The van der Waals surface area contributed by atoms with Crippen LogP contribution in [0.15, 0.2) is 24.3 Å². The number of hydrogen-bond acceptors (Lipinski definition) is 1. The molecule has 0 atom stereocenters. The molecule has 0 saturated heterocycles. The second-order valence-electron chi connectivity index (χ2n) is 4.92. The molecule has 0 aliphatic rings. The molecule has 0 bridgehead atoms. The third-order valence-electron chi connectivity index (χ3n) is 2.42. The van der Waals surface area contributed by atoms with E-state index >= 15 is 0 Å². The zero-order valence-corrected chi connectivity index (χ0v) is 10.4. The molecule has 0 unspecified atom stereocenters. The van der Waals surface area contributed by atoms with Gasteiger partial charge in [0.05, 0.1) is 0 Å². The number of benzene rings is 1. The SMILES string of the molecule is CC(C)(C)c1ccccc1C#CCCCO. The lowest BCUT2D eigenvalue weighted by Gasteiger charge is -2.20. The minimum Gasteiger partial charge on any atom is -0.396 e. The Bertz CT molecular complexity index is 388. The molecule has 0 aliphatic heterocycles. The van der Waals surface area contributed by atoms with Gasteiger partial charge < -0.3 is 5.11 Å². The molecule has 1 heteroatoms. The van der Waals surface area contributed by atoms with Crippen molar-refractivity contribution in [3.8, 4) is 11.8 Å². The summed E-state index contributed by atoms with van der Waals surface area (Å²) in [6, 6.07) is 8.27. The molecule has 0 amide bonds. The molecule has 0 aromatic heterocycles. The summed E-state index contributed by atoms with van der Waals surface area (Å²) in [5.41, 5.74) is 2.52. The fourth-order valence-electron chi connectivity index (χ4n) is 1.57. The van der Waals surface area contributed by atoms with Gasteiger partial charge in [-0.25, -0.2) is 0 Å². The van der Waals surface area contributed by atoms with Crippen LogP contribution in [0.5, 0.6) is 0 Å². The van der Waals surface area contributed by atoms with Gasteiger partial charge in [0.25, 0.3) is 0 Å². The van der Waals surface area contributed by atoms with E-state index in [1.54, 1.807) is 0 Å². The zero-order valence-electron chi connectivity index (χ0n) is 10.4. The van der Waals surface area contributed by atoms with Gasteiger partial charge in [0.1, 0.15) is 0 Å². The summed E-state index contributed by atoms with van der Waals surface area (Å²) in [6.07, 6.45) is 1.51. The van der Waals surface area contributed by atoms with E-state index < -0.39 is 0 Å². The van der Waals surface area contributed by atoms with Crippen LogP contribution in [0, 0.1) is 11.8 Å². The molecule has 1 aromatic rings. The van der Waals surface area contributed by atoms with Gasteiger partial charge in [0.2, 0.25) is 0 Å².